The van der Waals surface area contributed by atoms with Gasteiger partial charge in [-0.05, 0) is 77.3 Å². The molecule has 0 bridgehead atoms. The van der Waals surface area contributed by atoms with Crippen molar-refractivity contribution in [2.45, 2.75) is 26.7 Å². The van der Waals surface area contributed by atoms with Gasteiger partial charge in [-0.25, -0.2) is 9.87 Å². The van der Waals surface area contributed by atoms with Gasteiger partial charge in [0, 0.05) is 15.1 Å². The molecule has 1 aromatic rings. The Morgan fingerprint density at radius 2 is 2.12 bits per heavy atom. The zero-order valence-corrected chi connectivity index (χ0v) is 16.8. The summed E-state index contributed by atoms with van der Waals surface area (Å²) in [5.41, 5.74) is 4.32. The van der Waals surface area contributed by atoms with Crippen LogP contribution in [0.25, 0.3) is 0 Å². The van der Waals surface area contributed by atoms with Gasteiger partial charge in [-0.15, -0.1) is 0 Å². The largest absolute Gasteiger partial charge is 0.394 e. The van der Waals surface area contributed by atoms with Crippen LogP contribution < -0.4 is 5.48 Å². The van der Waals surface area contributed by atoms with E-state index in [1.54, 1.807) is 26.0 Å². The average molecular weight is 473 g/mol. The molecule has 0 saturated heterocycles. The van der Waals surface area contributed by atoms with Crippen LogP contribution in [-0.4, -0.2) is 30.0 Å². The summed E-state index contributed by atoms with van der Waals surface area (Å²) in [6, 6.07) is 5.00. The van der Waals surface area contributed by atoms with E-state index in [-0.39, 0.29) is 24.8 Å². The lowest BCUT2D eigenvalue weighted by Gasteiger charge is -2.23. The van der Waals surface area contributed by atoms with Gasteiger partial charge in [0.05, 0.1) is 13.2 Å². The Kier molecular flexibility index (Phi) is 7.48. The normalized spacial score (nSPS) is 17.3. The summed E-state index contributed by atoms with van der Waals surface area (Å²) in [7, 11) is 0. The van der Waals surface area contributed by atoms with E-state index < -0.39 is 11.8 Å². The molecule has 1 aliphatic carbocycles. The molecule has 0 fully saturated rings. The van der Waals surface area contributed by atoms with Gasteiger partial charge in [-0.3, -0.25) is 14.4 Å². The first-order valence-corrected chi connectivity index (χ1v) is 9.35. The highest BCUT2D eigenvalue weighted by Gasteiger charge is 2.29. The van der Waals surface area contributed by atoms with Crippen molar-refractivity contribution in [2.24, 2.45) is 5.92 Å². The van der Waals surface area contributed by atoms with E-state index in [0.717, 1.165) is 3.57 Å². The number of allylic oxidation sites excluding steroid dienone is 2. The summed E-state index contributed by atoms with van der Waals surface area (Å²) in [5.74, 6) is -1.27. The SMILES string of the molecule is CC1=CC(C(=O)NOCCO)=C(CCc2ccc(I)cc2F)C(C)C1=O. The fourth-order valence-corrected chi connectivity index (χ4v) is 3.34. The topological polar surface area (TPSA) is 75.6 Å². The Morgan fingerprint density at radius 3 is 2.77 bits per heavy atom. The predicted octanol–water partition coefficient (Wildman–Crippen LogP) is 2.86. The summed E-state index contributed by atoms with van der Waals surface area (Å²) in [5, 5.41) is 8.74. The van der Waals surface area contributed by atoms with E-state index in [0.29, 0.717) is 35.1 Å². The number of hydrogen-bond donors (Lipinski definition) is 2. The minimum absolute atomic E-state index is 0.0284. The number of aryl methyl sites for hydroxylation is 1. The van der Waals surface area contributed by atoms with E-state index in [1.165, 1.54) is 6.07 Å². The molecule has 1 atom stereocenters. The van der Waals surface area contributed by atoms with Gasteiger partial charge in [0.1, 0.15) is 5.82 Å². The molecule has 2 rings (SSSR count). The van der Waals surface area contributed by atoms with Crippen LogP contribution in [0.15, 0.2) is 41.0 Å². The molecule has 1 aliphatic rings. The van der Waals surface area contributed by atoms with E-state index in [9.17, 15) is 14.0 Å². The third-order valence-corrected chi connectivity index (χ3v) is 4.96. The third-order valence-electron chi connectivity index (χ3n) is 4.29. The molecule has 1 aromatic carbocycles. The van der Waals surface area contributed by atoms with Crippen LogP contribution in [0.2, 0.25) is 0 Å². The first-order chi connectivity index (χ1) is 12.3. The predicted molar refractivity (Wildman–Crippen MR) is 104 cm³/mol. The molecule has 26 heavy (non-hydrogen) atoms. The second-order valence-corrected chi connectivity index (χ2v) is 7.34. The number of benzene rings is 1. The van der Waals surface area contributed by atoms with Crippen molar-refractivity contribution in [3.05, 3.63) is 55.9 Å². The number of amides is 1. The lowest BCUT2D eigenvalue weighted by Crippen LogP contribution is -2.31. The molecule has 140 valence electrons. The molecule has 5 nitrogen and oxygen atoms in total. The van der Waals surface area contributed by atoms with Gasteiger partial charge in [-0.1, -0.05) is 13.0 Å². The minimum Gasteiger partial charge on any atom is -0.394 e. The quantitative estimate of drug-likeness (QED) is 0.363. The highest BCUT2D eigenvalue weighted by Crippen LogP contribution is 2.30. The number of carbonyl (C=O) groups is 2. The zero-order chi connectivity index (χ0) is 19.3. The van der Waals surface area contributed by atoms with Gasteiger partial charge >= 0.3 is 0 Å². The Morgan fingerprint density at radius 1 is 1.38 bits per heavy atom. The van der Waals surface area contributed by atoms with Gasteiger partial charge in [0.15, 0.2) is 5.78 Å². The summed E-state index contributed by atoms with van der Waals surface area (Å²) in [6.45, 7) is 3.16. The highest BCUT2D eigenvalue weighted by molar-refractivity contribution is 14.1. The van der Waals surface area contributed by atoms with Crippen LogP contribution in [0.5, 0.6) is 0 Å². The molecule has 2 N–H and O–H groups in total. The summed E-state index contributed by atoms with van der Waals surface area (Å²) in [4.78, 5) is 29.6. The maximum atomic E-state index is 14.1. The number of Topliss-reactive ketones (excluding diaryl/α,β-unsaturated/α-hetero) is 1. The molecule has 7 heteroatoms. The third kappa shape index (κ3) is 4.99. The van der Waals surface area contributed by atoms with Gasteiger partial charge < -0.3 is 5.11 Å². The van der Waals surface area contributed by atoms with Gasteiger partial charge in [-0.2, -0.15) is 0 Å². The van der Waals surface area contributed by atoms with Gasteiger partial charge in [0.25, 0.3) is 5.91 Å². The molecule has 1 amide bonds. The van der Waals surface area contributed by atoms with Crippen molar-refractivity contribution in [2.75, 3.05) is 13.2 Å². The Balaban J connectivity index is 2.26. The maximum absolute atomic E-state index is 14.1. The van der Waals surface area contributed by atoms with Gasteiger partial charge in [0.2, 0.25) is 0 Å². The van der Waals surface area contributed by atoms with Crippen LogP contribution in [-0.2, 0) is 20.8 Å². The molecule has 0 aliphatic heterocycles. The average Bonchev–Trinajstić information content (AvgIpc) is 2.60. The standard InChI is InChI=1S/C19H21FINO4/c1-11-9-16(19(25)22-26-8-7-23)15(12(2)18(11)24)6-4-13-3-5-14(21)10-17(13)20/h3,5,9-10,12,23H,4,6-8H2,1-2H3,(H,22,25). The van der Waals surface area contributed by atoms with Crippen molar-refractivity contribution in [3.63, 3.8) is 0 Å². The first kappa shape index (κ1) is 20.7. The van der Waals surface area contributed by atoms with Crippen molar-refractivity contribution in [3.8, 4) is 0 Å². The number of ketones is 1. The van der Waals surface area contributed by atoms with Crippen molar-refractivity contribution < 1.29 is 23.9 Å². The zero-order valence-electron chi connectivity index (χ0n) is 14.6. The minimum atomic E-state index is -0.477. The van der Waals surface area contributed by atoms with Crippen molar-refractivity contribution >= 4 is 34.3 Å². The summed E-state index contributed by atoms with van der Waals surface area (Å²) >= 11 is 2.04. The number of rotatable bonds is 7. The number of hydroxylamine groups is 1. The number of carbonyl (C=O) groups excluding carboxylic acids is 2. The number of aliphatic hydroxyl groups is 1. The van der Waals surface area contributed by atoms with E-state index in [2.05, 4.69) is 5.48 Å². The molecular formula is C19H21FINO4. The lowest BCUT2D eigenvalue weighted by molar-refractivity contribution is -0.130. The van der Waals surface area contributed by atoms with E-state index in [1.807, 2.05) is 28.7 Å². The van der Waals surface area contributed by atoms with Crippen LogP contribution >= 0.6 is 22.6 Å². The number of nitrogens with one attached hydrogen (secondary N) is 1. The number of aliphatic hydroxyl groups excluding tert-OH is 1. The van der Waals surface area contributed by atoms with Crippen LogP contribution in [0, 0.1) is 15.3 Å². The summed E-state index contributed by atoms with van der Waals surface area (Å²) in [6.07, 6.45) is 2.31. The first-order valence-electron chi connectivity index (χ1n) is 8.27. The molecular weight excluding hydrogens is 452 g/mol. The van der Waals surface area contributed by atoms with E-state index >= 15 is 0 Å². The maximum Gasteiger partial charge on any atom is 0.274 e. The summed E-state index contributed by atoms with van der Waals surface area (Å²) < 4.78 is 14.9. The van der Waals surface area contributed by atoms with Crippen LogP contribution in [0.1, 0.15) is 25.8 Å². The molecule has 0 radical (unpaired) electrons. The van der Waals surface area contributed by atoms with E-state index in [4.69, 9.17) is 9.94 Å². The molecule has 0 aromatic heterocycles. The number of halogens is 2. The van der Waals surface area contributed by atoms with Crippen LogP contribution in [0.4, 0.5) is 4.39 Å². The smallest absolute Gasteiger partial charge is 0.274 e. The molecule has 0 heterocycles. The monoisotopic (exact) mass is 473 g/mol. The highest BCUT2D eigenvalue weighted by atomic mass is 127. The molecule has 1 unspecified atom stereocenters. The lowest BCUT2D eigenvalue weighted by atomic mass is 9.80. The Labute approximate surface area is 165 Å². The second kappa shape index (κ2) is 9.38. The molecule has 0 spiro atoms. The van der Waals surface area contributed by atoms with Crippen molar-refractivity contribution in [1.29, 1.82) is 0 Å². The Hall–Kier alpha value is -1.58. The fraction of sp³-hybridized carbons (Fsp3) is 0.368. The number of hydrogen-bond acceptors (Lipinski definition) is 4. The Bertz CT molecular complexity index is 773. The molecule has 0 saturated carbocycles. The second-order valence-electron chi connectivity index (χ2n) is 6.09. The van der Waals surface area contributed by atoms with Crippen LogP contribution in [0.3, 0.4) is 0 Å². The fourth-order valence-electron chi connectivity index (χ4n) is 2.89. The van der Waals surface area contributed by atoms with Crippen molar-refractivity contribution in [1.82, 2.24) is 5.48 Å².